The Bertz CT molecular complexity index is 992. The minimum atomic E-state index is -0.990. The third-order valence-electron chi connectivity index (χ3n) is 4.62. The van der Waals surface area contributed by atoms with Gasteiger partial charge < -0.3 is 10.2 Å². The zero-order valence-electron chi connectivity index (χ0n) is 18.6. The summed E-state index contributed by atoms with van der Waals surface area (Å²) in [7, 11) is 4.75. The lowest BCUT2D eigenvalue weighted by molar-refractivity contribution is -0.135. The van der Waals surface area contributed by atoms with Crippen molar-refractivity contribution in [2.75, 3.05) is 18.1 Å². The Kier molecular flexibility index (Phi) is 8.32. The summed E-state index contributed by atoms with van der Waals surface area (Å²) in [4.78, 5) is 32.8. The highest BCUT2D eigenvalue weighted by Crippen LogP contribution is 2.39. The van der Waals surface area contributed by atoms with E-state index in [-0.39, 0.29) is 16.6 Å². The number of carbonyl (C=O) groups excluding carboxylic acids is 2. The van der Waals surface area contributed by atoms with Gasteiger partial charge in [0.1, 0.15) is 5.25 Å². The molecule has 2 unspecified atom stereocenters. The molecule has 3 rings (SSSR count). The number of anilines is 1. The highest BCUT2D eigenvalue weighted by molar-refractivity contribution is 8.77. The lowest BCUT2D eigenvalue weighted by atomic mass is 10.0. The first-order valence-corrected chi connectivity index (χ1v) is 13.4. The lowest BCUT2D eigenvalue weighted by Gasteiger charge is -2.28. The van der Waals surface area contributed by atoms with E-state index in [4.69, 9.17) is 10.1 Å². The van der Waals surface area contributed by atoms with E-state index in [0.29, 0.717) is 17.2 Å². The minimum absolute atomic E-state index is 0.0129. The molecule has 0 radical (unpaired) electrons. The first-order chi connectivity index (χ1) is 15.2. The quantitative estimate of drug-likeness (QED) is 0.443. The van der Waals surface area contributed by atoms with Crippen LogP contribution in [0.2, 0.25) is 0 Å². The largest absolute Gasteiger partial charge is 0.322 e. The Morgan fingerprint density at radius 3 is 2.47 bits per heavy atom. The van der Waals surface area contributed by atoms with E-state index >= 15 is 0 Å². The topological polar surface area (TPSA) is 87.8 Å². The van der Waals surface area contributed by atoms with Crippen molar-refractivity contribution in [3.05, 3.63) is 65.7 Å². The fraction of sp³-hybridized carbons (Fsp3) is 0.348. The predicted octanol–water partition coefficient (Wildman–Crippen LogP) is 4.42. The summed E-state index contributed by atoms with van der Waals surface area (Å²) in [5.74, 6) is -0.0698. The predicted molar refractivity (Wildman–Crippen MR) is 139 cm³/mol. The van der Waals surface area contributed by atoms with Crippen molar-refractivity contribution < 1.29 is 9.59 Å². The van der Waals surface area contributed by atoms with E-state index in [2.05, 4.69) is 26.1 Å². The van der Waals surface area contributed by atoms with Gasteiger partial charge in [-0.1, -0.05) is 103 Å². The van der Waals surface area contributed by atoms with Gasteiger partial charge in [0, 0.05) is 28.7 Å². The number of likely N-dealkylation sites (N-methyl/N-ethyl adjacent to an activating group) is 1. The van der Waals surface area contributed by atoms with Crippen LogP contribution in [-0.2, 0) is 9.59 Å². The molecular weight excluding hydrogens is 460 g/mol. The molecule has 2 atom stereocenters. The van der Waals surface area contributed by atoms with E-state index in [1.54, 1.807) is 17.8 Å². The summed E-state index contributed by atoms with van der Waals surface area (Å²) in [6, 6.07) is 17.2. The summed E-state index contributed by atoms with van der Waals surface area (Å²) < 4.78 is -0.0129. The van der Waals surface area contributed by atoms with Crippen LogP contribution in [0.4, 0.5) is 5.69 Å². The molecule has 0 aromatic heterocycles. The normalized spacial score (nSPS) is 17.0. The molecule has 32 heavy (non-hydrogen) atoms. The van der Waals surface area contributed by atoms with Gasteiger partial charge in [0.2, 0.25) is 12.1 Å². The van der Waals surface area contributed by atoms with Gasteiger partial charge in [-0.05, 0) is 6.07 Å². The van der Waals surface area contributed by atoms with Crippen LogP contribution in [0, 0.1) is 0 Å². The Labute approximate surface area is 201 Å². The highest BCUT2D eigenvalue weighted by Gasteiger charge is 2.35. The second-order valence-electron chi connectivity index (χ2n) is 8.32. The van der Waals surface area contributed by atoms with Crippen molar-refractivity contribution in [3.8, 4) is 0 Å². The van der Waals surface area contributed by atoms with Gasteiger partial charge in [-0.3, -0.25) is 14.7 Å². The number of carbonyl (C=O) groups is 2. The van der Waals surface area contributed by atoms with Crippen LogP contribution in [-0.4, -0.2) is 51.4 Å². The minimum Gasteiger partial charge on any atom is -0.322 e. The van der Waals surface area contributed by atoms with Crippen molar-refractivity contribution >= 4 is 56.7 Å². The molecule has 6 nitrogen and oxygen atoms in total. The molecule has 1 heterocycles. The van der Waals surface area contributed by atoms with E-state index in [9.17, 15) is 9.59 Å². The summed E-state index contributed by atoms with van der Waals surface area (Å²) >= 11 is 1.13. The zero-order chi connectivity index (χ0) is 23.3. The maximum absolute atomic E-state index is 13.4. The molecule has 1 aliphatic rings. The number of fused-ring (bicyclic) bond motifs is 1. The zero-order valence-corrected chi connectivity index (χ0v) is 21.0. The summed E-state index contributed by atoms with van der Waals surface area (Å²) in [5, 5.41) is 8.26. The van der Waals surface area contributed by atoms with Crippen LogP contribution >= 0.6 is 33.5 Å². The van der Waals surface area contributed by atoms with E-state index in [1.165, 1.54) is 15.7 Å². The first kappa shape index (κ1) is 24.7. The number of benzodiazepines with no additional fused rings is 1. The number of hydrogen-bond donors (Lipinski definition) is 2. The number of para-hydroxylation sites is 1. The number of nitrogens with two attached hydrogens (primary N) is 1. The molecular formula is C23H28N4O2S3. The lowest BCUT2D eigenvalue weighted by Crippen LogP contribution is -2.47. The van der Waals surface area contributed by atoms with Gasteiger partial charge in [0.15, 0.2) is 0 Å². The molecule has 2 aromatic carbocycles. The molecule has 1 aliphatic heterocycles. The van der Waals surface area contributed by atoms with Crippen LogP contribution in [0.5, 0.6) is 0 Å². The number of rotatable bonds is 7. The monoisotopic (exact) mass is 488 g/mol. The van der Waals surface area contributed by atoms with Crippen LogP contribution in [0.15, 0.2) is 59.6 Å². The van der Waals surface area contributed by atoms with Crippen molar-refractivity contribution in [2.24, 2.45) is 10.1 Å². The highest BCUT2D eigenvalue weighted by atomic mass is 33.1. The average Bonchev–Trinajstić information content (AvgIpc) is 2.91. The number of hydrogen-bond acceptors (Lipinski definition) is 7. The smallest absolute Gasteiger partial charge is 0.269 e. The third kappa shape index (κ3) is 6.10. The molecule has 0 fully saturated rings. The van der Waals surface area contributed by atoms with Crippen LogP contribution in [0.3, 0.4) is 0 Å². The van der Waals surface area contributed by atoms with Gasteiger partial charge in [-0.15, -0.1) is 0 Å². The van der Waals surface area contributed by atoms with Crippen molar-refractivity contribution in [3.63, 3.8) is 0 Å². The molecule has 9 heteroatoms. The number of nitrogens with zero attached hydrogens (tertiary/aromatic N) is 2. The van der Waals surface area contributed by atoms with Gasteiger partial charge in [-0.2, -0.15) is 0 Å². The second kappa shape index (κ2) is 10.8. The Morgan fingerprint density at radius 2 is 1.81 bits per heavy atom. The Morgan fingerprint density at radius 1 is 1.16 bits per heavy atom. The molecule has 0 saturated carbocycles. The summed E-state index contributed by atoms with van der Waals surface area (Å²) in [6.07, 6.45) is -0.990. The first-order valence-electron chi connectivity index (χ1n) is 10.2. The van der Waals surface area contributed by atoms with E-state index in [1.807, 2.05) is 54.6 Å². The van der Waals surface area contributed by atoms with Gasteiger partial charge in [0.05, 0.1) is 11.4 Å². The average molecular weight is 489 g/mol. The number of nitrogens with one attached hydrogen (secondary N) is 1. The number of benzene rings is 2. The summed E-state index contributed by atoms with van der Waals surface area (Å²) in [5.41, 5.74) is 3.05. The van der Waals surface area contributed by atoms with E-state index in [0.717, 1.165) is 23.1 Å². The van der Waals surface area contributed by atoms with Crippen molar-refractivity contribution in [2.45, 2.75) is 36.9 Å². The van der Waals surface area contributed by atoms with E-state index < -0.39 is 11.4 Å². The maximum atomic E-state index is 13.4. The molecule has 0 spiro atoms. The molecule has 0 bridgehead atoms. The number of amides is 2. The van der Waals surface area contributed by atoms with Crippen LogP contribution in [0.1, 0.15) is 31.9 Å². The maximum Gasteiger partial charge on any atom is 0.269 e. The molecule has 0 saturated heterocycles. The molecule has 0 aliphatic carbocycles. The molecule has 3 N–H and O–H groups in total. The van der Waals surface area contributed by atoms with Gasteiger partial charge in [-0.25, -0.2) is 4.99 Å². The van der Waals surface area contributed by atoms with Gasteiger partial charge >= 0.3 is 0 Å². The standard InChI is InChI=1S/C23H28N4O2S3/c1-23(2,3)32-31-18(14-30-24)22(29)27(4)20-21(28)25-17-13-9-8-12-16(17)19(26-20)15-10-6-5-7-11-15/h5-13,18,20H,14,24H2,1-4H3,(H,25,28). The van der Waals surface area contributed by atoms with Crippen molar-refractivity contribution in [1.82, 2.24) is 4.90 Å². The Balaban J connectivity index is 1.96. The molecule has 2 aromatic rings. The fourth-order valence-corrected chi connectivity index (χ4v) is 6.50. The SMILES string of the molecule is CN(C(=O)C(CSN)SSC(C)(C)C)C1N=C(c2ccccc2)c2ccccc2NC1=O. The summed E-state index contributed by atoms with van der Waals surface area (Å²) in [6.45, 7) is 6.29. The number of aliphatic imine (C=N–C) groups is 1. The fourth-order valence-electron chi connectivity index (χ4n) is 3.11. The van der Waals surface area contributed by atoms with Crippen LogP contribution in [0.25, 0.3) is 0 Å². The Hall–Kier alpha value is -1.94. The second-order valence-corrected chi connectivity index (χ2v) is 12.2. The third-order valence-corrected chi connectivity index (χ3v) is 9.04. The molecule has 2 amide bonds. The van der Waals surface area contributed by atoms with Crippen LogP contribution < -0.4 is 10.5 Å². The van der Waals surface area contributed by atoms with Crippen molar-refractivity contribution in [1.29, 1.82) is 0 Å². The van der Waals surface area contributed by atoms with Gasteiger partial charge in [0.25, 0.3) is 5.91 Å². The molecule has 170 valence electrons.